The van der Waals surface area contributed by atoms with Crippen molar-refractivity contribution in [2.24, 2.45) is 0 Å². The van der Waals surface area contributed by atoms with Crippen LogP contribution >= 0.6 is 15.9 Å². The van der Waals surface area contributed by atoms with Gasteiger partial charge in [-0.15, -0.1) is 0 Å². The van der Waals surface area contributed by atoms with Gasteiger partial charge in [-0.2, -0.15) is 0 Å². The number of carbonyl (C=O) groups excluding carboxylic acids is 1. The predicted octanol–water partition coefficient (Wildman–Crippen LogP) is 2.71. The van der Waals surface area contributed by atoms with Crippen molar-refractivity contribution >= 4 is 27.8 Å². The SMILES string of the molecule is CN1C(=N)N[C@](C)(c2cc(-c3cccc(Br)c3)on2)CC1=O. The smallest absolute Gasteiger partial charge is 0.231 e. The molecule has 1 saturated heterocycles. The van der Waals surface area contributed by atoms with Gasteiger partial charge < -0.3 is 9.84 Å². The van der Waals surface area contributed by atoms with Gasteiger partial charge >= 0.3 is 0 Å². The molecule has 114 valence electrons. The van der Waals surface area contributed by atoms with E-state index in [0.29, 0.717) is 11.5 Å². The molecule has 6 nitrogen and oxygen atoms in total. The highest BCUT2D eigenvalue weighted by Gasteiger charge is 2.40. The lowest BCUT2D eigenvalue weighted by Gasteiger charge is -2.37. The second-order valence-electron chi connectivity index (χ2n) is 5.52. The van der Waals surface area contributed by atoms with E-state index in [1.807, 2.05) is 31.2 Å². The third kappa shape index (κ3) is 2.52. The first-order valence-electron chi connectivity index (χ1n) is 6.75. The highest BCUT2D eigenvalue weighted by atomic mass is 79.9. The van der Waals surface area contributed by atoms with E-state index in [-0.39, 0.29) is 18.3 Å². The summed E-state index contributed by atoms with van der Waals surface area (Å²) in [4.78, 5) is 13.3. The molecule has 0 aliphatic carbocycles. The van der Waals surface area contributed by atoms with Crippen LogP contribution in [0.1, 0.15) is 19.0 Å². The maximum atomic E-state index is 12.0. The Hall–Kier alpha value is -2.15. The van der Waals surface area contributed by atoms with E-state index >= 15 is 0 Å². The van der Waals surface area contributed by atoms with Gasteiger partial charge in [-0.05, 0) is 19.1 Å². The number of carbonyl (C=O) groups is 1. The Bertz CT molecular complexity index is 738. The topological polar surface area (TPSA) is 82.2 Å². The van der Waals surface area contributed by atoms with E-state index in [0.717, 1.165) is 10.0 Å². The van der Waals surface area contributed by atoms with Crippen molar-refractivity contribution in [3.63, 3.8) is 0 Å². The molecule has 0 bridgehead atoms. The molecule has 1 aliphatic heterocycles. The van der Waals surface area contributed by atoms with Crippen molar-refractivity contribution in [1.29, 1.82) is 5.41 Å². The molecule has 0 radical (unpaired) electrons. The third-order valence-electron chi connectivity index (χ3n) is 3.79. The van der Waals surface area contributed by atoms with Crippen LogP contribution in [0, 0.1) is 5.41 Å². The van der Waals surface area contributed by atoms with Crippen molar-refractivity contribution in [3.05, 3.63) is 40.5 Å². The van der Waals surface area contributed by atoms with E-state index in [2.05, 4.69) is 26.4 Å². The highest BCUT2D eigenvalue weighted by Crippen LogP contribution is 2.31. The Morgan fingerprint density at radius 3 is 2.91 bits per heavy atom. The monoisotopic (exact) mass is 362 g/mol. The number of hydrogen-bond acceptors (Lipinski definition) is 4. The minimum Gasteiger partial charge on any atom is -0.356 e. The number of benzene rings is 1. The van der Waals surface area contributed by atoms with E-state index in [1.165, 1.54) is 4.90 Å². The minimum absolute atomic E-state index is 0.0609. The summed E-state index contributed by atoms with van der Waals surface area (Å²) < 4.78 is 6.36. The highest BCUT2D eigenvalue weighted by molar-refractivity contribution is 9.10. The molecular weight excluding hydrogens is 348 g/mol. The van der Waals surface area contributed by atoms with E-state index in [1.54, 1.807) is 13.1 Å². The van der Waals surface area contributed by atoms with Crippen LogP contribution < -0.4 is 5.32 Å². The molecular formula is C15H15BrN4O2. The second kappa shape index (κ2) is 5.24. The number of hydrogen-bond donors (Lipinski definition) is 2. The summed E-state index contributed by atoms with van der Waals surface area (Å²) >= 11 is 3.42. The number of amides is 1. The summed E-state index contributed by atoms with van der Waals surface area (Å²) in [6.45, 7) is 1.84. The summed E-state index contributed by atoms with van der Waals surface area (Å²) in [6.07, 6.45) is 0.219. The normalized spacial score (nSPS) is 21.9. The van der Waals surface area contributed by atoms with Gasteiger partial charge in [0.2, 0.25) is 5.91 Å². The molecule has 1 fully saturated rings. The van der Waals surface area contributed by atoms with Gasteiger partial charge in [-0.25, -0.2) is 0 Å². The third-order valence-corrected chi connectivity index (χ3v) is 4.29. The van der Waals surface area contributed by atoms with Crippen LogP contribution in [0.15, 0.2) is 39.3 Å². The van der Waals surface area contributed by atoms with Crippen LogP contribution in [-0.2, 0) is 10.3 Å². The molecule has 0 saturated carbocycles. The summed E-state index contributed by atoms with van der Waals surface area (Å²) in [7, 11) is 1.58. The molecule has 1 amide bonds. The van der Waals surface area contributed by atoms with Gasteiger partial charge in [0.05, 0.1) is 12.0 Å². The molecule has 22 heavy (non-hydrogen) atoms. The van der Waals surface area contributed by atoms with Gasteiger partial charge in [0.1, 0.15) is 5.69 Å². The first-order valence-corrected chi connectivity index (χ1v) is 7.55. The first-order chi connectivity index (χ1) is 10.4. The lowest BCUT2D eigenvalue weighted by atomic mass is 9.90. The molecule has 2 aromatic rings. The zero-order valence-corrected chi connectivity index (χ0v) is 13.8. The van der Waals surface area contributed by atoms with Crippen molar-refractivity contribution in [2.75, 3.05) is 7.05 Å². The molecule has 7 heteroatoms. The quantitative estimate of drug-likeness (QED) is 0.860. The van der Waals surface area contributed by atoms with Crippen molar-refractivity contribution < 1.29 is 9.32 Å². The average Bonchev–Trinajstić information content (AvgIpc) is 2.95. The molecule has 0 spiro atoms. The summed E-state index contributed by atoms with van der Waals surface area (Å²) in [5.41, 5.74) is 0.758. The minimum atomic E-state index is -0.742. The summed E-state index contributed by atoms with van der Waals surface area (Å²) in [5, 5.41) is 15.0. The Kier molecular flexibility index (Phi) is 3.52. The van der Waals surface area contributed by atoms with Crippen LogP contribution in [0.5, 0.6) is 0 Å². The molecule has 1 aromatic heterocycles. The van der Waals surface area contributed by atoms with Gasteiger partial charge in [0.25, 0.3) is 0 Å². The Morgan fingerprint density at radius 1 is 1.45 bits per heavy atom. The number of nitrogens with zero attached hydrogens (tertiary/aromatic N) is 2. The Labute approximate surface area is 136 Å². The number of guanidine groups is 1. The predicted molar refractivity (Wildman–Crippen MR) is 85.2 cm³/mol. The van der Waals surface area contributed by atoms with Gasteiger partial charge in [0, 0.05) is 23.2 Å². The summed E-state index contributed by atoms with van der Waals surface area (Å²) in [6, 6.07) is 9.51. The molecule has 1 aromatic carbocycles. The lowest BCUT2D eigenvalue weighted by molar-refractivity contribution is -0.129. The van der Waals surface area contributed by atoms with Gasteiger partial charge in [-0.1, -0.05) is 33.2 Å². The van der Waals surface area contributed by atoms with Crippen LogP contribution in [0.4, 0.5) is 0 Å². The number of aromatic nitrogens is 1. The van der Waals surface area contributed by atoms with Crippen molar-refractivity contribution in [2.45, 2.75) is 18.9 Å². The number of nitrogens with one attached hydrogen (secondary N) is 2. The summed E-state index contributed by atoms with van der Waals surface area (Å²) in [5.74, 6) is 0.557. The average molecular weight is 363 g/mol. The van der Waals surface area contributed by atoms with E-state index in [4.69, 9.17) is 9.93 Å². The van der Waals surface area contributed by atoms with Crippen LogP contribution in [0.25, 0.3) is 11.3 Å². The zero-order valence-electron chi connectivity index (χ0n) is 12.2. The second-order valence-corrected chi connectivity index (χ2v) is 6.44. The maximum absolute atomic E-state index is 12.0. The van der Waals surface area contributed by atoms with Crippen molar-refractivity contribution in [1.82, 2.24) is 15.4 Å². The maximum Gasteiger partial charge on any atom is 0.231 e. The van der Waals surface area contributed by atoms with Crippen LogP contribution in [-0.4, -0.2) is 29.0 Å². The fraction of sp³-hybridized carbons (Fsp3) is 0.267. The Balaban J connectivity index is 1.93. The van der Waals surface area contributed by atoms with Crippen molar-refractivity contribution in [3.8, 4) is 11.3 Å². The van der Waals surface area contributed by atoms with Gasteiger partial charge in [-0.3, -0.25) is 15.1 Å². The standard InChI is InChI=1S/C15H15BrN4O2/c1-15(8-13(21)20(2)14(17)18-15)12-7-11(22-19-12)9-4-3-5-10(16)6-9/h3-7H,8H2,1-2H3,(H2,17,18)/t15-/m0/s1. The lowest BCUT2D eigenvalue weighted by Crippen LogP contribution is -2.58. The van der Waals surface area contributed by atoms with Crippen LogP contribution in [0.3, 0.4) is 0 Å². The van der Waals surface area contributed by atoms with E-state index < -0.39 is 5.54 Å². The molecule has 3 rings (SSSR count). The number of rotatable bonds is 2. The zero-order chi connectivity index (χ0) is 15.9. The molecule has 0 unspecified atom stereocenters. The molecule has 1 aliphatic rings. The fourth-order valence-electron chi connectivity index (χ4n) is 2.40. The molecule has 2 heterocycles. The first kappa shape index (κ1) is 14.8. The fourth-order valence-corrected chi connectivity index (χ4v) is 2.80. The number of halogens is 1. The molecule has 2 N–H and O–H groups in total. The van der Waals surface area contributed by atoms with Gasteiger partial charge in [0.15, 0.2) is 11.7 Å². The molecule has 1 atom stereocenters. The largest absolute Gasteiger partial charge is 0.356 e. The Morgan fingerprint density at radius 2 is 2.23 bits per heavy atom. The van der Waals surface area contributed by atoms with Crippen LogP contribution in [0.2, 0.25) is 0 Å². The van der Waals surface area contributed by atoms with E-state index in [9.17, 15) is 4.79 Å².